The molecule has 1 aromatic heterocycles. The number of hydrogen-bond donors (Lipinski definition) is 1. The van der Waals surface area contributed by atoms with E-state index in [1.807, 2.05) is 0 Å². The lowest BCUT2D eigenvalue weighted by Gasteiger charge is -2.10. The number of carbonyl (C=O) groups is 1. The molecule has 2 rings (SSSR count). The monoisotopic (exact) mass is 281 g/mol. The standard InChI is InChI=1S/C13H9ClFNO3/c1-7-2-3-8(14)4-11(7)19-12-10(13(17)18)5-9(15)6-16-12/h2-6H,1H3,(H,17,18). The molecule has 2 aromatic rings. The number of carboxylic acid groups (broad SMARTS) is 1. The molecule has 0 aliphatic heterocycles. The average molecular weight is 282 g/mol. The van der Waals surface area contributed by atoms with Crippen molar-refractivity contribution >= 4 is 17.6 Å². The van der Waals surface area contributed by atoms with Crippen LogP contribution in [0.15, 0.2) is 30.5 Å². The van der Waals surface area contributed by atoms with Crippen molar-refractivity contribution in [2.24, 2.45) is 0 Å². The highest BCUT2D eigenvalue weighted by Gasteiger charge is 2.16. The van der Waals surface area contributed by atoms with E-state index in [0.29, 0.717) is 10.8 Å². The fourth-order valence-corrected chi connectivity index (χ4v) is 1.61. The minimum Gasteiger partial charge on any atom is -0.477 e. The summed E-state index contributed by atoms with van der Waals surface area (Å²) in [6, 6.07) is 5.79. The Labute approximate surface area is 113 Å². The first-order valence-electron chi connectivity index (χ1n) is 5.30. The molecule has 0 radical (unpaired) electrons. The van der Waals surface area contributed by atoms with Crippen LogP contribution in [0.4, 0.5) is 4.39 Å². The predicted molar refractivity (Wildman–Crippen MR) is 67.4 cm³/mol. The van der Waals surface area contributed by atoms with Gasteiger partial charge in [0.2, 0.25) is 5.88 Å². The molecule has 0 saturated heterocycles. The molecule has 1 N–H and O–H groups in total. The lowest BCUT2D eigenvalue weighted by atomic mass is 10.2. The van der Waals surface area contributed by atoms with E-state index < -0.39 is 11.8 Å². The van der Waals surface area contributed by atoms with Gasteiger partial charge in [-0.2, -0.15) is 0 Å². The topological polar surface area (TPSA) is 59.4 Å². The number of carboxylic acids is 1. The number of aromatic nitrogens is 1. The molecule has 4 nitrogen and oxygen atoms in total. The maximum Gasteiger partial charge on any atom is 0.341 e. The number of rotatable bonds is 3. The van der Waals surface area contributed by atoms with Crippen molar-refractivity contribution in [3.05, 3.63) is 52.4 Å². The second kappa shape index (κ2) is 5.24. The number of aryl methyl sites for hydroxylation is 1. The van der Waals surface area contributed by atoms with Gasteiger partial charge in [0.1, 0.15) is 17.1 Å². The largest absolute Gasteiger partial charge is 0.477 e. The van der Waals surface area contributed by atoms with Crippen LogP contribution in [0.2, 0.25) is 5.02 Å². The summed E-state index contributed by atoms with van der Waals surface area (Å²) < 4.78 is 18.4. The molecule has 0 fully saturated rings. The summed E-state index contributed by atoms with van der Waals surface area (Å²) in [6.07, 6.45) is 0.891. The van der Waals surface area contributed by atoms with Crippen LogP contribution in [0.25, 0.3) is 0 Å². The average Bonchev–Trinajstić information content (AvgIpc) is 2.35. The molecule has 0 saturated carbocycles. The van der Waals surface area contributed by atoms with Crippen molar-refractivity contribution in [3.63, 3.8) is 0 Å². The summed E-state index contributed by atoms with van der Waals surface area (Å²) in [7, 11) is 0. The van der Waals surface area contributed by atoms with Gasteiger partial charge in [0, 0.05) is 5.02 Å². The van der Waals surface area contributed by atoms with E-state index in [-0.39, 0.29) is 11.4 Å². The highest BCUT2D eigenvalue weighted by Crippen LogP contribution is 2.29. The van der Waals surface area contributed by atoms with Crippen LogP contribution >= 0.6 is 11.6 Å². The summed E-state index contributed by atoms with van der Waals surface area (Å²) in [5, 5.41) is 9.42. The van der Waals surface area contributed by atoms with Gasteiger partial charge in [0.15, 0.2) is 0 Å². The van der Waals surface area contributed by atoms with Crippen LogP contribution < -0.4 is 4.74 Å². The van der Waals surface area contributed by atoms with Crippen molar-refractivity contribution in [1.82, 2.24) is 4.98 Å². The maximum atomic E-state index is 13.0. The first-order chi connectivity index (χ1) is 8.97. The number of ether oxygens (including phenoxy) is 1. The van der Waals surface area contributed by atoms with Gasteiger partial charge in [-0.3, -0.25) is 0 Å². The third-order valence-corrected chi connectivity index (χ3v) is 2.64. The molecule has 98 valence electrons. The van der Waals surface area contributed by atoms with Gasteiger partial charge in [-0.25, -0.2) is 14.2 Å². The summed E-state index contributed by atoms with van der Waals surface area (Å²) in [5.74, 6) is -1.87. The summed E-state index contributed by atoms with van der Waals surface area (Å²) in [4.78, 5) is 14.6. The Morgan fingerprint density at radius 3 is 2.84 bits per heavy atom. The van der Waals surface area contributed by atoms with Gasteiger partial charge in [-0.05, 0) is 30.7 Å². The molecule has 0 aliphatic carbocycles. The zero-order chi connectivity index (χ0) is 14.0. The van der Waals surface area contributed by atoms with Gasteiger partial charge in [-0.15, -0.1) is 0 Å². The molecular weight excluding hydrogens is 273 g/mol. The number of hydrogen-bond acceptors (Lipinski definition) is 3. The summed E-state index contributed by atoms with van der Waals surface area (Å²) >= 11 is 5.83. The third kappa shape index (κ3) is 3.00. The summed E-state index contributed by atoms with van der Waals surface area (Å²) in [5.41, 5.74) is 0.409. The molecule has 0 aliphatic rings. The molecule has 6 heteroatoms. The van der Waals surface area contributed by atoms with E-state index in [2.05, 4.69) is 4.98 Å². The van der Waals surface area contributed by atoms with Gasteiger partial charge >= 0.3 is 5.97 Å². The Hall–Kier alpha value is -2.14. The smallest absolute Gasteiger partial charge is 0.341 e. The molecule has 0 spiro atoms. The van der Waals surface area contributed by atoms with Crippen LogP contribution in [0.5, 0.6) is 11.6 Å². The molecule has 0 amide bonds. The highest BCUT2D eigenvalue weighted by molar-refractivity contribution is 6.30. The maximum absolute atomic E-state index is 13.0. The number of benzene rings is 1. The predicted octanol–water partition coefficient (Wildman–Crippen LogP) is 3.67. The Morgan fingerprint density at radius 2 is 2.16 bits per heavy atom. The van der Waals surface area contributed by atoms with Crippen molar-refractivity contribution in [2.45, 2.75) is 6.92 Å². The Balaban J connectivity index is 2.43. The Kier molecular flexibility index (Phi) is 3.66. The van der Waals surface area contributed by atoms with Gasteiger partial charge in [-0.1, -0.05) is 17.7 Å². The van der Waals surface area contributed by atoms with E-state index >= 15 is 0 Å². The fraction of sp³-hybridized carbons (Fsp3) is 0.0769. The molecule has 0 bridgehead atoms. The minimum absolute atomic E-state index is 0.181. The second-order valence-electron chi connectivity index (χ2n) is 3.82. The van der Waals surface area contributed by atoms with Crippen molar-refractivity contribution in [1.29, 1.82) is 0 Å². The quantitative estimate of drug-likeness (QED) is 0.932. The minimum atomic E-state index is -1.32. The normalized spacial score (nSPS) is 10.3. The van der Waals surface area contributed by atoms with Gasteiger partial charge < -0.3 is 9.84 Å². The third-order valence-electron chi connectivity index (χ3n) is 2.41. The van der Waals surface area contributed by atoms with Crippen molar-refractivity contribution in [3.8, 4) is 11.6 Å². The zero-order valence-corrected chi connectivity index (χ0v) is 10.6. The number of pyridine rings is 1. The Bertz CT molecular complexity index is 646. The van der Waals surface area contributed by atoms with Crippen LogP contribution in [0, 0.1) is 12.7 Å². The number of halogens is 2. The molecule has 1 heterocycles. The molecular formula is C13H9ClFNO3. The molecule has 0 unspecified atom stereocenters. The zero-order valence-electron chi connectivity index (χ0n) is 9.85. The SMILES string of the molecule is Cc1ccc(Cl)cc1Oc1ncc(F)cc1C(=O)O. The van der Waals surface area contributed by atoms with Crippen LogP contribution in [0.3, 0.4) is 0 Å². The number of aromatic carboxylic acids is 1. The van der Waals surface area contributed by atoms with Crippen LogP contribution in [-0.2, 0) is 0 Å². The van der Waals surface area contributed by atoms with Crippen molar-refractivity contribution in [2.75, 3.05) is 0 Å². The van der Waals surface area contributed by atoms with Crippen molar-refractivity contribution < 1.29 is 19.0 Å². The van der Waals surface area contributed by atoms with Gasteiger partial charge in [0.05, 0.1) is 6.20 Å². The first-order valence-corrected chi connectivity index (χ1v) is 5.68. The summed E-state index contributed by atoms with van der Waals surface area (Å²) in [6.45, 7) is 1.77. The Morgan fingerprint density at radius 1 is 1.42 bits per heavy atom. The van der Waals surface area contributed by atoms with E-state index in [9.17, 15) is 9.18 Å². The molecule has 1 aromatic carbocycles. The van der Waals surface area contributed by atoms with E-state index in [1.54, 1.807) is 19.1 Å². The number of nitrogens with zero attached hydrogens (tertiary/aromatic N) is 1. The van der Waals surface area contributed by atoms with Crippen LogP contribution in [0.1, 0.15) is 15.9 Å². The van der Waals surface area contributed by atoms with E-state index in [0.717, 1.165) is 17.8 Å². The lowest BCUT2D eigenvalue weighted by molar-refractivity contribution is 0.0692. The van der Waals surface area contributed by atoms with Gasteiger partial charge in [0.25, 0.3) is 0 Å². The lowest BCUT2D eigenvalue weighted by Crippen LogP contribution is -2.03. The fourth-order valence-electron chi connectivity index (χ4n) is 1.45. The molecule has 0 atom stereocenters. The first kappa shape index (κ1) is 13.3. The van der Waals surface area contributed by atoms with E-state index in [4.69, 9.17) is 21.4 Å². The molecule has 19 heavy (non-hydrogen) atoms. The second-order valence-corrected chi connectivity index (χ2v) is 4.26. The highest BCUT2D eigenvalue weighted by atomic mass is 35.5. The van der Waals surface area contributed by atoms with Crippen LogP contribution in [-0.4, -0.2) is 16.1 Å². The van der Waals surface area contributed by atoms with E-state index in [1.165, 1.54) is 6.07 Å².